The van der Waals surface area contributed by atoms with Crippen LogP contribution in [0.4, 0.5) is 0 Å². The van der Waals surface area contributed by atoms with Crippen LogP contribution in [0.3, 0.4) is 0 Å². The van der Waals surface area contributed by atoms with Crippen LogP contribution in [0.15, 0.2) is 83.8 Å². The fourth-order valence-corrected chi connectivity index (χ4v) is 4.99. The van der Waals surface area contributed by atoms with E-state index in [0.29, 0.717) is 18.8 Å². The Hall–Kier alpha value is -2.63. The molecule has 1 aliphatic heterocycles. The number of fused-ring (bicyclic) bond motifs is 1. The van der Waals surface area contributed by atoms with Crippen LogP contribution in [-0.4, -0.2) is 15.0 Å². The van der Waals surface area contributed by atoms with Gasteiger partial charge in [0.05, 0.1) is 17.0 Å². The number of hydrogen-bond donors (Lipinski definition) is 1. The lowest BCUT2D eigenvalue weighted by Gasteiger charge is -2.39. The third-order valence-electron chi connectivity index (χ3n) is 4.99. The number of para-hydroxylation sites is 1. The quantitative estimate of drug-likeness (QED) is 0.745. The Morgan fingerprint density at radius 3 is 2.30 bits per heavy atom. The van der Waals surface area contributed by atoms with Crippen molar-refractivity contribution in [3.8, 4) is 5.75 Å². The molecule has 5 heteroatoms. The zero-order valence-corrected chi connectivity index (χ0v) is 15.9. The first-order valence-corrected chi connectivity index (χ1v) is 10.4. The van der Waals surface area contributed by atoms with Crippen molar-refractivity contribution in [2.45, 2.75) is 23.8 Å². The van der Waals surface area contributed by atoms with Gasteiger partial charge in [0.2, 0.25) is 10.0 Å². The van der Waals surface area contributed by atoms with Crippen molar-refractivity contribution >= 4 is 10.0 Å². The largest absolute Gasteiger partial charge is 0.493 e. The molecular weight excluding hydrogens is 358 g/mol. The van der Waals surface area contributed by atoms with Crippen molar-refractivity contribution in [1.29, 1.82) is 0 Å². The lowest BCUT2D eigenvalue weighted by molar-refractivity contribution is 0.227. The maximum atomic E-state index is 13.2. The minimum atomic E-state index is -3.73. The Balaban J connectivity index is 1.87. The van der Waals surface area contributed by atoms with Gasteiger partial charge >= 0.3 is 0 Å². The van der Waals surface area contributed by atoms with Crippen molar-refractivity contribution in [1.82, 2.24) is 4.72 Å². The topological polar surface area (TPSA) is 55.4 Å². The number of ether oxygens (including phenoxy) is 1. The van der Waals surface area contributed by atoms with E-state index in [1.54, 1.807) is 12.1 Å². The van der Waals surface area contributed by atoms with Crippen LogP contribution < -0.4 is 9.46 Å². The van der Waals surface area contributed by atoms with Crippen LogP contribution in [0, 0.1) is 6.92 Å². The van der Waals surface area contributed by atoms with Gasteiger partial charge < -0.3 is 4.74 Å². The summed E-state index contributed by atoms with van der Waals surface area (Å²) in [5.41, 5.74) is 1.87. The van der Waals surface area contributed by atoms with E-state index in [0.717, 1.165) is 16.7 Å². The molecular formula is C22H21NO3S. The van der Waals surface area contributed by atoms with E-state index in [1.807, 2.05) is 73.7 Å². The van der Waals surface area contributed by atoms with Crippen LogP contribution in [0.25, 0.3) is 0 Å². The first-order chi connectivity index (χ1) is 13.0. The molecule has 3 aromatic carbocycles. The van der Waals surface area contributed by atoms with Gasteiger partial charge in [-0.3, -0.25) is 0 Å². The zero-order valence-electron chi connectivity index (χ0n) is 15.1. The molecule has 27 heavy (non-hydrogen) atoms. The first-order valence-electron chi connectivity index (χ1n) is 8.90. The second-order valence-corrected chi connectivity index (χ2v) is 8.47. The molecule has 3 aromatic rings. The molecule has 0 radical (unpaired) electrons. The molecule has 0 bridgehead atoms. The molecule has 0 aromatic heterocycles. The van der Waals surface area contributed by atoms with Gasteiger partial charge in [-0.05, 0) is 30.7 Å². The van der Waals surface area contributed by atoms with Gasteiger partial charge in [-0.1, -0.05) is 66.2 Å². The van der Waals surface area contributed by atoms with Crippen LogP contribution in [0.5, 0.6) is 5.75 Å². The smallest absolute Gasteiger partial charge is 0.241 e. The Labute approximate surface area is 159 Å². The van der Waals surface area contributed by atoms with E-state index < -0.39 is 15.6 Å². The molecule has 1 aliphatic rings. The summed E-state index contributed by atoms with van der Waals surface area (Å²) in [5, 5.41) is 0. The SMILES string of the molecule is Cc1ccc(S(=O)(=O)N[C@]2(c3ccccc3)CCOc3ccccc32)cc1. The van der Waals surface area contributed by atoms with E-state index in [2.05, 4.69) is 4.72 Å². The van der Waals surface area contributed by atoms with Crippen LogP contribution >= 0.6 is 0 Å². The Morgan fingerprint density at radius 1 is 0.889 bits per heavy atom. The second-order valence-electron chi connectivity index (χ2n) is 6.78. The van der Waals surface area contributed by atoms with Gasteiger partial charge in [-0.25, -0.2) is 8.42 Å². The van der Waals surface area contributed by atoms with Gasteiger partial charge in [-0.15, -0.1) is 0 Å². The fourth-order valence-electron chi connectivity index (χ4n) is 3.59. The number of hydrogen-bond acceptors (Lipinski definition) is 3. The third-order valence-corrected chi connectivity index (χ3v) is 6.50. The molecule has 1 heterocycles. The van der Waals surface area contributed by atoms with Crippen LogP contribution in [-0.2, 0) is 15.6 Å². The summed E-state index contributed by atoms with van der Waals surface area (Å²) in [4.78, 5) is 0.257. The predicted molar refractivity (Wildman–Crippen MR) is 105 cm³/mol. The van der Waals surface area contributed by atoms with Gasteiger partial charge in [-0.2, -0.15) is 4.72 Å². The lowest BCUT2D eigenvalue weighted by Crippen LogP contribution is -2.49. The molecule has 0 spiro atoms. The molecule has 0 amide bonds. The summed E-state index contributed by atoms with van der Waals surface area (Å²) in [6, 6.07) is 24.2. The number of rotatable bonds is 4. The van der Waals surface area contributed by atoms with Gasteiger partial charge in [0, 0.05) is 12.0 Å². The van der Waals surface area contributed by atoms with Crippen molar-refractivity contribution in [2.75, 3.05) is 6.61 Å². The molecule has 138 valence electrons. The third kappa shape index (κ3) is 3.24. The molecule has 4 rings (SSSR count). The fraction of sp³-hybridized carbons (Fsp3) is 0.182. The Kier molecular flexibility index (Phi) is 4.50. The monoisotopic (exact) mass is 379 g/mol. The van der Waals surface area contributed by atoms with Crippen molar-refractivity contribution in [3.05, 3.63) is 95.6 Å². The van der Waals surface area contributed by atoms with Crippen molar-refractivity contribution < 1.29 is 13.2 Å². The normalized spacial score (nSPS) is 19.1. The molecule has 4 nitrogen and oxygen atoms in total. The Bertz CT molecular complexity index is 1050. The number of benzene rings is 3. The van der Waals surface area contributed by atoms with Gasteiger partial charge in [0.1, 0.15) is 5.75 Å². The number of sulfonamides is 1. The van der Waals surface area contributed by atoms with E-state index >= 15 is 0 Å². The number of aryl methyl sites for hydroxylation is 1. The highest BCUT2D eigenvalue weighted by molar-refractivity contribution is 7.89. The highest BCUT2D eigenvalue weighted by Crippen LogP contribution is 2.42. The average Bonchev–Trinajstić information content (AvgIpc) is 2.69. The average molecular weight is 379 g/mol. The molecule has 0 aliphatic carbocycles. The van der Waals surface area contributed by atoms with E-state index in [1.165, 1.54) is 0 Å². The maximum absolute atomic E-state index is 13.2. The summed E-state index contributed by atoms with van der Waals surface area (Å²) >= 11 is 0. The first kappa shape index (κ1) is 17.8. The second kappa shape index (κ2) is 6.83. The number of nitrogens with one attached hydrogen (secondary N) is 1. The minimum absolute atomic E-state index is 0.257. The van der Waals surface area contributed by atoms with Gasteiger partial charge in [0.25, 0.3) is 0 Å². The summed E-state index contributed by atoms with van der Waals surface area (Å²) in [7, 11) is -3.73. The molecule has 1 atom stereocenters. The summed E-state index contributed by atoms with van der Waals surface area (Å²) < 4.78 is 35.3. The molecule has 0 fully saturated rings. The zero-order chi connectivity index (χ0) is 18.9. The highest BCUT2D eigenvalue weighted by Gasteiger charge is 2.42. The lowest BCUT2D eigenvalue weighted by atomic mass is 9.79. The summed E-state index contributed by atoms with van der Waals surface area (Å²) in [6.07, 6.45) is 0.513. The molecule has 0 saturated heterocycles. The van der Waals surface area contributed by atoms with Crippen molar-refractivity contribution in [3.63, 3.8) is 0 Å². The van der Waals surface area contributed by atoms with E-state index in [-0.39, 0.29) is 4.90 Å². The molecule has 0 unspecified atom stereocenters. The van der Waals surface area contributed by atoms with E-state index in [4.69, 9.17) is 4.74 Å². The van der Waals surface area contributed by atoms with Crippen LogP contribution in [0.2, 0.25) is 0 Å². The Morgan fingerprint density at radius 2 is 1.56 bits per heavy atom. The van der Waals surface area contributed by atoms with Gasteiger partial charge in [0.15, 0.2) is 0 Å². The summed E-state index contributed by atoms with van der Waals surface area (Å²) in [6.45, 7) is 2.37. The maximum Gasteiger partial charge on any atom is 0.241 e. The standard InChI is InChI=1S/C22H21NO3S/c1-17-11-13-19(14-12-17)27(24,25)23-22(18-7-3-2-4-8-18)15-16-26-21-10-6-5-9-20(21)22/h2-14,23H,15-16H2,1H3/t22-/m0/s1. The molecule has 0 saturated carbocycles. The molecule has 1 N–H and O–H groups in total. The van der Waals surface area contributed by atoms with E-state index in [9.17, 15) is 8.42 Å². The van der Waals surface area contributed by atoms with Crippen LogP contribution in [0.1, 0.15) is 23.1 Å². The van der Waals surface area contributed by atoms with Crippen molar-refractivity contribution in [2.24, 2.45) is 0 Å². The predicted octanol–water partition coefficient (Wildman–Crippen LogP) is 4.00. The minimum Gasteiger partial charge on any atom is -0.493 e. The summed E-state index contributed by atoms with van der Waals surface area (Å²) in [5.74, 6) is 0.708. The highest BCUT2D eigenvalue weighted by atomic mass is 32.2.